The minimum atomic E-state index is -3.85. The molecule has 0 aliphatic rings. The van der Waals surface area contributed by atoms with E-state index in [4.69, 9.17) is 4.74 Å². The standard InChI is InChI=1S/C22H21BrN2O4S/c1-3-29-21-12-11-17(14-20(21)23)25-30(27,28)18-9-6-8-16(13-18)24-22(26)19-10-5-4-7-15(19)2/h4-14,25H,3H2,1-2H3,(H,24,26). The Morgan fingerprint density at radius 2 is 1.77 bits per heavy atom. The Morgan fingerprint density at radius 1 is 1.00 bits per heavy atom. The van der Waals surface area contributed by atoms with Crippen LogP contribution in [0.4, 0.5) is 11.4 Å². The van der Waals surface area contributed by atoms with Crippen molar-refractivity contribution in [2.24, 2.45) is 0 Å². The molecule has 0 fully saturated rings. The molecule has 30 heavy (non-hydrogen) atoms. The predicted molar refractivity (Wildman–Crippen MR) is 122 cm³/mol. The zero-order valence-corrected chi connectivity index (χ0v) is 18.9. The molecule has 6 nitrogen and oxygen atoms in total. The van der Waals surface area contributed by atoms with Crippen molar-refractivity contribution in [1.29, 1.82) is 0 Å². The van der Waals surface area contributed by atoms with Gasteiger partial charge in [0, 0.05) is 11.3 Å². The van der Waals surface area contributed by atoms with E-state index in [-0.39, 0.29) is 10.8 Å². The molecule has 0 heterocycles. The van der Waals surface area contributed by atoms with Crippen molar-refractivity contribution in [2.75, 3.05) is 16.6 Å². The average molecular weight is 489 g/mol. The van der Waals surface area contributed by atoms with Crippen LogP contribution in [0.15, 0.2) is 76.1 Å². The van der Waals surface area contributed by atoms with Crippen LogP contribution in [0, 0.1) is 6.92 Å². The summed E-state index contributed by atoms with van der Waals surface area (Å²) in [4.78, 5) is 12.6. The Kier molecular flexibility index (Phi) is 6.79. The second kappa shape index (κ2) is 9.32. The van der Waals surface area contributed by atoms with Gasteiger partial charge in [0.15, 0.2) is 0 Å². The minimum Gasteiger partial charge on any atom is -0.493 e. The highest BCUT2D eigenvalue weighted by atomic mass is 79.9. The van der Waals surface area contributed by atoms with Crippen molar-refractivity contribution >= 4 is 43.2 Å². The predicted octanol–water partition coefficient (Wildman–Crippen LogP) is 5.21. The number of amides is 1. The molecule has 3 aromatic carbocycles. The molecule has 1 amide bonds. The van der Waals surface area contributed by atoms with Gasteiger partial charge in [-0.15, -0.1) is 0 Å². The van der Waals surface area contributed by atoms with Crippen LogP contribution in [-0.2, 0) is 10.0 Å². The van der Waals surface area contributed by atoms with Crippen LogP contribution in [-0.4, -0.2) is 20.9 Å². The molecule has 156 valence electrons. The zero-order chi connectivity index (χ0) is 21.7. The first-order valence-corrected chi connectivity index (χ1v) is 11.5. The van der Waals surface area contributed by atoms with Crippen molar-refractivity contribution in [3.05, 3.63) is 82.3 Å². The Morgan fingerprint density at radius 3 is 2.47 bits per heavy atom. The molecule has 0 saturated carbocycles. The number of nitrogens with one attached hydrogen (secondary N) is 2. The number of carbonyl (C=O) groups is 1. The molecule has 0 saturated heterocycles. The quantitative estimate of drug-likeness (QED) is 0.477. The van der Waals surface area contributed by atoms with Crippen LogP contribution in [0.3, 0.4) is 0 Å². The first-order valence-electron chi connectivity index (χ1n) is 9.22. The van der Waals surface area contributed by atoms with Gasteiger partial charge in [-0.25, -0.2) is 8.42 Å². The molecule has 0 aliphatic heterocycles. The number of aryl methyl sites for hydroxylation is 1. The van der Waals surface area contributed by atoms with E-state index in [9.17, 15) is 13.2 Å². The van der Waals surface area contributed by atoms with E-state index >= 15 is 0 Å². The molecule has 0 aliphatic carbocycles. The highest BCUT2D eigenvalue weighted by Crippen LogP contribution is 2.29. The summed E-state index contributed by atoms with van der Waals surface area (Å²) in [5.74, 6) is 0.326. The Labute approximate surface area is 184 Å². The number of anilines is 2. The maximum atomic E-state index is 12.8. The molecule has 0 unspecified atom stereocenters. The fraction of sp³-hybridized carbons (Fsp3) is 0.136. The van der Waals surface area contributed by atoms with Crippen molar-refractivity contribution in [1.82, 2.24) is 0 Å². The fourth-order valence-corrected chi connectivity index (χ4v) is 4.41. The van der Waals surface area contributed by atoms with Crippen LogP contribution in [0.1, 0.15) is 22.8 Å². The molecular weight excluding hydrogens is 468 g/mol. The summed E-state index contributed by atoms with van der Waals surface area (Å²) in [6.45, 7) is 4.22. The number of carbonyl (C=O) groups excluding carboxylic acids is 1. The number of ether oxygens (including phenoxy) is 1. The lowest BCUT2D eigenvalue weighted by molar-refractivity contribution is 0.102. The molecule has 3 rings (SSSR count). The van der Waals surface area contributed by atoms with Crippen LogP contribution >= 0.6 is 15.9 Å². The van der Waals surface area contributed by atoms with Gasteiger partial charge in [-0.3, -0.25) is 9.52 Å². The molecule has 0 atom stereocenters. The first-order chi connectivity index (χ1) is 14.3. The van der Waals surface area contributed by atoms with Crippen LogP contribution in [0.5, 0.6) is 5.75 Å². The second-order valence-electron chi connectivity index (χ2n) is 6.48. The number of hydrogen-bond acceptors (Lipinski definition) is 4. The van der Waals surface area contributed by atoms with Gasteiger partial charge in [0.05, 0.1) is 21.7 Å². The fourth-order valence-electron chi connectivity index (χ4n) is 2.82. The van der Waals surface area contributed by atoms with Crippen molar-refractivity contribution in [3.8, 4) is 5.75 Å². The third-order valence-corrected chi connectivity index (χ3v) is 6.27. The van der Waals surface area contributed by atoms with E-state index in [1.54, 1.807) is 42.5 Å². The Hall–Kier alpha value is -2.84. The maximum absolute atomic E-state index is 12.8. The number of sulfonamides is 1. The second-order valence-corrected chi connectivity index (χ2v) is 9.02. The number of benzene rings is 3. The van der Waals surface area contributed by atoms with Gasteiger partial charge >= 0.3 is 0 Å². The number of hydrogen-bond donors (Lipinski definition) is 2. The summed E-state index contributed by atoms with van der Waals surface area (Å²) in [5.41, 5.74) is 2.14. The molecule has 3 aromatic rings. The molecule has 0 aromatic heterocycles. The minimum absolute atomic E-state index is 0.0371. The van der Waals surface area contributed by atoms with E-state index in [2.05, 4.69) is 26.0 Å². The van der Waals surface area contributed by atoms with E-state index in [0.29, 0.717) is 33.8 Å². The number of rotatable bonds is 7. The summed E-state index contributed by atoms with van der Waals surface area (Å²) < 4.78 is 34.3. The van der Waals surface area contributed by atoms with Gasteiger partial charge in [-0.1, -0.05) is 24.3 Å². The van der Waals surface area contributed by atoms with E-state index in [1.165, 1.54) is 12.1 Å². The third-order valence-electron chi connectivity index (χ3n) is 4.28. The Balaban J connectivity index is 1.80. The summed E-state index contributed by atoms with van der Waals surface area (Å²) in [7, 11) is -3.85. The molecular formula is C22H21BrN2O4S. The van der Waals surface area contributed by atoms with Crippen LogP contribution in [0.25, 0.3) is 0 Å². The van der Waals surface area contributed by atoms with E-state index in [1.807, 2.05) is 26.0 Å². The summed E-state index contributed by atoms with van der Waals surface area (Å²) in [6.07, 6.45) is 0. The summed E-state index contributed by atoms with van der Waals surface area (Å²) in [5, 5.41) is 2.75. The van der Waals surface area contributed by atoms with Gasteiger partial charge in [0.1, 0.15) is 5.75 Å². The van der Waals surface area contributed by atoms with Gasteiger partial charge < -0.3 is 10.1 Å². The smallest absolute Gasteiger partial charge is 0.261 e. The van der Waals surface area contributed by atoms with E-state index < -0.39 is 10.0 Å². The maximum Gasteiger partial charge on any atom is 0.261 e. The van der Waals surface area contributed by atoms with Crippen LogP contribution in [0.2, 0.25) is 0 Å². The highest BCUT2D eigenvalue weighted by Gasteiger charge is 2.17. The molecule has 0 spiro atoms. The molecule has 8 heteroatoms. The van der Waals surface area contributed by atoms with Gasteiger partial charge in [0.2, 0.25) is 0 Å². The lowest BCUT2D eigenvalue weighted by Gasteiger charge is -2.12. The summed E-state index contributed by atoms with van der Waals surface area (Å²) in [6, 6.07) is 18.2. The normalized spacial score (nSPS) is 11.0. The highest BCUT2D eigenvalue weighted by molar-refractivity contribution is 9.10. The molecule has 0 radical (unpaired) electrons. The average Bonchev–Trinajstić information content (AvgIpc) is 2.70. The van der Waals surface area contributed by atoms with Crippen molar-refractivity contribution in [3.63, 3.8) is 0 Å². The van der Waals surface area contributed by atoms with E-state index in [0.717, 1.165) is 5.56 Å². The lowest BCUT2D eigenvalue weighted by atomic mass is 10.1. The number of halogens is 1. The van der Waals surface area contributed by atoms with Gasteiger partial charge in [-0.05, 0) is 77.8 Å². The first kappa shape index (κ1) is 21.9. The zero-order valence-electron chi connectivity index (χ0n) is 16.5. The van der Waals surface area contributed by atoms with Crippen LogP contribution < -0.4 is 14.8 Å². The monoisotopic (exact) mass is 488 g/mol. The van der Waals surface area contributed by atoms with Crippen molar-refractivity contribution in [2.45, 2.75) is 18.7 Å². The lowest BCUT2D eigenvalue weighted by Crippen LogP contribution is -2.15. The van der Waals surface area contributed by atoms with Gasteiger partial charge in [0.25, 0.3) is 15.9 Å². The van der Waals surface area contributed by atoms with Gasteiger partial charge in [-0.2, -0.15) is 0 Å². The SMILES string of the molecule is CCOc1ccc(NS(=O)(=O)c2cccc(NC(=O)c3ccccc3C)c2)cc1Br. The molecule has 0 bridgehead atoms. The Bertz CT molecular complexity index is 1180. The van der Waals surface area contributed by atoms with Crippen molar-refractivity contribution < 1.29 is 17.9 Å². The molecule has 2 N–H and O–H groups in total. The summed E-state index contributed by atoms with van der Waals surface area (Å²) >= 11 is 3.37. The topological polar surface area (TPSA) is 84.5 Å². The third kappa shape index (κ3) is 5.20. The largest absolute Gasteiger partial charge is 0.493 e.